The van der Waals surface area contributed by atoms with E-state index < -0.39 is 37.2 Å². The summed E-state index contributed by atoms with van der Waals surface area (Å²) in [7, 11) is -1.20. The summed E-state index contributed by atoms with van der Waals surface area (Å²) in [6, 6.07) is 6.22. The number of ketones is 1. The van der Waals surface area contributed by atoms with E-state index in [2.05, 4.69) is 4.72 Å². The number of benzene rings is 2. The van der Waals surface area contributed by atoms with Gasteiger partial charge in [0.2, 0.25) is 0 Å². The SMILES string of the molecule is CN(C)S(=O)(=O)Nc1ccc(C(=O)c2cc([N+](=O)[O-])cc([N+](=O)[O-])c2)cc1N. The second-order valence-electron chi connectivity index (χ2n) is 5.77. The van der Waals surface area contributed by atoms with Crippen molar-refractivity contribution in [3.63, 3.8) is 0 Å². The molecule has 0 radical (unpaired) electrons. The molecule has 28 heavy (non-hydrogen) atoms. The second-order valence-corrected chi connectivity index (χ2v) is 7.66. The van der Waals surface area contributed by atoms with E-state index in [1.54, 1.807) is 0 Å². The number of nitrogens with one attached hydrogen (secondary N) is 1. The van der Waals surface area contributed by atoms with Crippen LogP contribution in [0.2, 0.25) is 0 Å². The summed E-state index contributed by atoms with van der Waals surface area (Å²) >= 11 is 0. The number of nitro groups is 2. The third kappa shape index (κ3) is 4.39. The minimum Gasteiger partial charge on any atom is -0.397 e. The fourth-order valence-corrected chi connectivity index (χ4v) is 2.78. The van der Waals surface area contributed by atoms with Crippen molar-refractivity contribution in [2.24, 2.45) is 0 Å². The van der Waals surface area contributed by atoms with Gasteiger partial charge in [0.15, 0.2) is 5.78 Å². The van der Waals surface area contributed by atoms with E-state index in [-0.39, 0.29) is 22.5 Å². The molecule has 0 bridgehead atoms. The van der Waals surface area contributed by atoms with Crippen LogP contribution in [0.25, 0.3) is 0 Å². The number of hydrogen-bond donors (Lipinski definition) is 2. The number of nitrogen functional groups attached to an aromatic ring is 1. The zero-order valence-electron chi connectivity index (χ0n) is 14.6. The van der Waals surface area contributed by atoms with Gasteiger partial charge in [0, 0.05) is 37.4 Å². The van der Waals surface area contributed by atoms with Crippen molar-refractivity contribution < 1.29 is 23.1 Å². The summed E-state index contributed by atoms with van der Waals surface area (Å²) < 4.78 is 26.9. The molecule has 2 aromatic rings. The molecule has 0 unspecified atom stereocenters. The molecule has 148 valence electrons. The average Bonchev–Trinajstić information content (AvgIpc) is 2.62. The average molecular weight is 409 g/mol. The van der Waals surface area contributed by atoms with Crippen molar-refractivity contribution >= 4 is 38.7 Å². The lowest BCUT2D eigenvalue weighted by molar-refractivity contribution is -0.394. The van der Waals surface area contributed by atoms with Gasteiger partial charge >= 0.3 is 10.2 Å². The normalized spacial score (nSPS) is 11.2. The molecular formula is C15H15N5O7S. The van der Waals surface area contributed by atoms with Gasteiger partial charge in [0.25, 0.3) is 11.4 Å². The van der Waals surface area contributed by atoms with Crippen molar-refractivity contribution in [3.8, 4) is 0 Å². The molecule has 0 fully saturated rings. The lowest BCUT2D eigenvalue weighted by Gasteiger charge is -2.15. The number of nitro benzene ring substituents is 2. The van der Waals surface area contributed by atoms with Crippen molar-refractivity contribution in [1.82, 2.24) is 4.31 Å². The van der Waals surface area contributed by atoms with Gasteiger partial charge in [-0.05, 0) is 18.2 Å². The Morgan fingerprint density at radius 2 is 1.54 bits per heavy atom. The fourth-order valence-electron chi connectivity index (χ4n) is 2.13. The largest absolute Gasteiger partial charge is 0.397 e. The van der Waals surface area contributed by atoms with Gasteiger partial charge in [0.05, 0.1) is 27.3 Å². The molecular weight excluding hydrogens is 394 g/mol. The minimum absolute atomic E-state index is 0.0234. The van der Waals surface area contributed by atoms with Crippen molar-refractivity contribution in [2.45, 2.75) is 0 Å². The Kier molecular flexibility index (Phi) is 5.61. The van der Waals surface area contributed by atoms with Crippen LogP contribution in [0.15, 0.2) is 36.4 Å². The maximum Gasteiger partial charge on any atom is 0.301 e. The third-order valence-electron chi connectivity index (χ3n) is 3.62. The van der Waals surface area contributed by atoms with Crippen LogP contribution in [0.3, 0.4) is 0 Å². The van der Waals surface area contributed by atoms with Crippen LogP contribution in [0, 0.1) is 20.2 Å². The highest BCUT2D eigenvalue weighted by Crippen LogP contribution is 2.27. The molecule has 3 N–H and O–H groups in total. The number of carbonyl (C=O) groups excluding carboxylic acids is 1. The van der Waals surface area contributed by atoms with Crippen LogP contribution < -0.4 is 10.5 Å². The maximum absolute atomic E-state index is 12.6. The van der Waals surface area contributed by atoms with E-state index in [4.69, 9.17) is 5.73 Å². The number of anilines is 2. The lowest BCUT2D eigenvalue weighted by atomic mass is 10.0. The number of carbonyl (C=O) groups is 1. The van der Waals surface area contributed by atoms with Gasteiger partial charge in [-0.2, -0.15) is 12.7 Å². The first-order valence-electron chi connectivity index (χ1n) is 7.50. The van der Waals surface area contributed by atoms with Gasteiger partial charge in [-0.3, -0.25) is 29.7 Å². The fraction of sp³-hybridized carbons (Fsp3) is 0.133. The van der Waals surface area contributed by atoms with Crippen LogP contribution >= 0.6 is 0 Å². The van der Waals surface area contributed by atoms with E-state index in [1.165, 1.54) is 32.3 Å². The first-order valence-corrected chi connectivity index (χ1v) is 8.94. The molecule has 0 spiro atoms. The van der Waals surface area contributed by atoms with E-state index in [0.29, 0.717) is 0 Å². The summed E-state index contributed by atoms with van der Waals surface area (Å²) in [6.07, 6.45) is 0. The van der Waals surface area contributed by atoms with Crippen LogP contribution in [0.5, 0.6) is 0 Å². The number of hydrogen-bond acceptors (Lipinski definition) is 8. The molecule has 0 atom stereocenters. The van der Waals surface area contributed by atoms with Crippen LogP contribution in [0.1, 0.15) is 15.9 Å². The smallest absolute Gasteiger partial charge is 0.301 e. The predicted octanol–water partition coefficient (Wildman–Crippen LogP) is 1.53. The zero-order chi connectivity index (χ0) is 21.2. The molecule has 13 heteroatoms. The van der Waals surface area contributed by atoms with Crippen molar-refractivity contribution in [3.05, 3.63) is 67.8 Å². The summed E-state index contributed by atoms with van der Waals surface area (Å²) in [5.41, 5.74) is 4.21. The van der Waals surface area contributed by atoms with Crippen LogP contribution in [0.4, 0.5) is 22.7 Å². The molecule has 2 rings (SSSR count). The first-order chi connectivity index (χ1) is 12.9. The molecule has 0 aliphatic heterocycles. The molecule has 0 heterocycles. The highest BCUT2D eigenvalue weighted by atomic mass is 32.2. The third-order valence-corrected chi connectivity index (χ3v) is 5.06. The Morgan fingerprint density at radius 3 is 1.96 bits per heavy atom. The summed E-state index contributed by atoms with van der Waals surface area (Å²) in [5.74, 6) is -0.750. The topological polar surface area (TPSA) is 179 Å². The molecule has 0 saturated heterocycles. The van der Waals surface area contributed by atoms with Gasteiger partial charge < -0.3 is 5.73 Å². The monoisotopic (exact) mass is 409 g/mol. The molecule has 0 aliphatic rings. The maximum atomic E-state index is 12.6. The van der Waals surface area contributed by atoms with Gasteiger partial charge in [-0.25, -0.2) is 0 Å². The van der Waals surface area contributed by atoms with Crippen LogP contribution in [-0.4, -0.2) is 42.4 Å². The summed E-state index contributed by atoms with van der Waals surface area (Å²) in [4.78, 5) is 32.8. The minimum atomic E-state index is -3.82. The van der Waals surface area contributed by atoms with Gasteiger partial charge in [0.1, 0.15) is 0 Å². The van der Waals surface area contributed by atoms with E-state index in [9.17, 15) is 33.4 Å². The number of non-ortho nitro benzene ring substituents is 2. The molecule has 0 amide bonds. The second kappa shape index (κ2) is 7.58. The molecule has 0 aromatic heterocycles. The zero-order valence-corrected chi connectivity index (χ0v) is 15.5. The highest BCUT2D eigenvalue weighted by molar-refractivity contribution is 7.90. The Balaban J connectivity index is 2.44. The predicted molar refractivity (Wildman–Crippen MR) is 100 cm³/mol. The summed E-state index contributed by atoms with van der Waals surface area (Å²) in [6.45, 7) is 0. The number of rotatable bonds is 7. The van der Waals surface area contributed by atoms with E-state index in [0.717, 1.165) is 22.5 Å². The van der Waals surface area contributed by atoms with E-state index in [1.807, 2.05) is 0 Å². The number of nitrogens with two attached hydrogens (primary N) is 1. The number of nitrogens with zero attached hydrogens (tertiary/aromatic N) is 3. The quantitative estimate of drug-likeness (QED) is 0.299. The van der Waals surface area contributed by atoms with Gasteiger partial charge in [-0.15, -0.1) is 0 Å². The van der Waals surface area contributed by atoms with Crippen LogP contribution in [-0.2, 0) is 10.2 Å². The highest BCUT2D eigenvalue weighted by Gasteiger charge is 2.22. The molecule has 2 aromatic carbocycles. The first kappa shape index (κ1) is 20.7. The lowest BCUT2D eigenvalue weighted by Crippen LogP contribution is -2.29. The van der Waals surface area contributed by atoms with Crippen molar-refractivity contribution in [2.75, 3.05) is 24.6 Å². The standard InChI is InChI=1S/C15H15N5O7S/c1-18(2)28(26,27)17-14-4-3-9(7-13(14)16)15(21)10-5-11(19(22)23)8-12(6-10)20(24)25/h3-8,17H,16H2,1-2H3. The molecule has 0 aliphatic carbocycles. The Hall–Kier alpha value is -3.58. The van der Waals surface area contributed by atoms with Gasteiger partial charge in [-0.1, -0.05) is 0 Å². The Bertz CT molecular complexity index is 1050. The Labute approximate surface area is 159 Å². The molecule has 0 saturated carbocycles. The summed E-state index contributed by atoms with van der Waals surface area (Å²) in [5, 5.41) is 21.9. The van der Waals surface area contributed by atoms with Crippen molar-refractivity contribution in [1.29, 1.82) is 0 Å². The van der Waals surface area contributed by atoms with E-state index >= 15 is 0 Å². The Morgan fingerprint density at radius 1 is 1.00 bits per heavy atom. The molecule has 12 nitrogen and oxygen atoms in total.